The summed E-state index contributed by atoms with van der Waals surface area (Å²) >= 11 is 0. The maximum atomic E-state index is 13.1. The predicted octanol–water partition coefficient (Wildman–Crippen LogP) is 4.57. The number of fused-ring (bicyclic) bond motifs is 1. The molecule has 5 rings (SSSR count). The number of anilines is 1. The fourth-order valence-electron chi connectivity index (χ4n) is 3.32. The lowest BCUT2D eigenvalue weighted by Gasteiger charge is -2.01. The molecule has 0 aliphatic carbocycles. The molecular formula is C23H15FN4O. The molecule has 0 radical (unpaired) electrons. The smallest absolute Gasteiger partial charge is 0.256 e. The van der Waals surface area contributed by atoms with E-state index in [0.29, 0.717) is 11.3 Å². The molecule has 0 saturated heterocycles. The van der Waals surface area contributed by atoms with Crippen LogP contribution in [0.3, 0.4) is 0 Å². The second-order valence-corrected chi connectivity index (χ2v) is 6.70. The summed E-state index contributed by atoms with van der Waals surface area (Å²) in [5.74, 6) is -0.394. The van der Waals surface area contributed by atoms with E-state index in [1.165, 1.54) is 12.1 Å². The van der Waals surface area contributed by atoms with Crippen LogP contribution in [0.5, 0.6) is 0 Å². The lowest BCUT2D eigenvalue weighted by atomic mass is 10.0. The number of hydrogen-bond acceptors (Lipinski definition) is 3. The van der Waals surface area contributed by atoms with E-state index in [1.807, 2.05) is 54.6 Å². The van der Waals surface area contributed by atoms with Gasteiger partial charge in [0, 0.05) is 22.4 Å². The molecule has 0 fully saturated rings. The first kappa shape index (κ1) is 17.1. The van der Waals surface area contributed by atoms with Crippen molar-refractivity contribution in [3.63, 3.8) is 0 Å². The van der Waals surface area contributed by atoms with Crippen molar-refractivity contribution in [3.8, 4) is 16.9 Å². The number of halogens is 1. The summed E-state index contributed by atoms with van der Waals surface area (Å²) in [6.07, 6.45) is 3.67. The number of aromatic nitrogens is 3. The number of rotatable bonds is 3. The SMILES string of the molecule is O=C1Nc2ccccc2/C1=C/c1ccc(-c2cn(-c3ccc(F)cc3)nn2)cc1. The van der Waals surface area contributed by atoms with Crippen LogP contribution in [0.1, 0.15) is 11.1 Å². The molecule has 0 bridgehead atoms. The lowest BCUT2D eigenvalue weighted by Crippen LogP contribution is -2.03. The second kappa shape index (κ2) is 6.83. The minimum absolute atomic E-state index is 0.0995. The van der Waals surface area contributed by atoms with Gasteiger partial charge in [0.05, 0.1) is 11.9 Å². The van der Waals surface area contributed by atoms with E-state index < -0.39 is 0 Å². The van der Waals surface area contributed by atoms with Crippen molar-refractivity contribution in [3.05, 3.63) is 95.9 Å². The average molecular weight is 382 g/mol. The zero-order valence-corrected chi connectivity index (χ0v) is 15.2. The van der Waals surface area contributed by atoms with Crippen LogP contribution >= 0.6 is 0 Å². The van der Waals surface area contributed by atoms with E-state index in [9.17, 15) is 9.18 Å². The highest BCUT2D eigenvalue weighted by atomic mass is 19.1. The Morgan fingerprint density at radius 1 is 0.931 bits per heavy atom. The van der Waals surface area contributed by atoms with Crippen molar-refractivity contribution in [2.75, 3.05) is 5.32 Å². The van der Waals surface area contributed by atoms with Crippen LogP contribution in [-0.4, -0.2) is 20.9 Å². The van der Waals surface area contributed by atoms with Crippen LogP contribution < -0.4 is 5.32 Å². The summed E-state index contributed by atoms with van der Waals surface area (Å²) in [5, 5.41) is 11.2. The first-order valence-corrected chi connectivity index (χ1v) is 9.08. The van der Waals surface area contributed by atoms with Gasteiger partial charge in [-0.25, -0.2) is 9.07 Å². The molecule has 0 unspecified atom stereocenters. The minimum atomic E-state index is -0.294. The molecule has 29 heavy (non-hydrogen) atoms. The number of hydrogen-bond donors (Lipinski definition) is 1. The van der Waals surface area contributed by atoms with Gasteiger partial charge in [-0.15, -0.1) is 5.10 Å². The van der Waals surface area contributed by atoms with Crippen molar-refractivity contribution in [1.29, 1.82) is 0 Å². The highest BCUT2D eigenvalue weighted by Crippen LogP contribution is 2.32. The van der Waals surface area contributed by atoms with Gasteiger partial charge in [-0.2, -0.15) is 0 Å². The van der Waals surface area contributed by atoms with Crippen molar-refractivity contribution in [1.82, 2.24) is 15.0 Å². The van der Waals surface area contributed by atoms with E-state index in [4.69, 9.17) is 0 Å². The molecule has 1 aliphatic rings. The quantitative estimate of drug-likeness (QED) is 0.528. The molecule has 4 aromatic rings. The molecule has 140 valence electrons. The van der Waals surface area contributed by atoms with Crippen LogP contribution in [0, 0.1) is 5.82 Å². The van der Waals surface area contributed by atoms with Crippen LogP contribution in [0.25, 0.3) is 28.6 Å². The molecule has 1 N–H and O–H groups in total. The number of amides is 1. The molecule has 3 aromatic carbocycles. The second-order valence-electron chi connectivity index (χ2n) is 6.70. The first-order valence-electron chi connectivity index (χ1n) is 9.08. The Kier molecular flexibility index (Phi) is 4.02. The summed E-state index contributed by atoms with van der Waals surface area (Å²) in [5.41, 5.74) is 5.64. The number of carbonyl (C=O) groups is 1. The molecule has 1 amide bonds. The van der Waals surface area contributed by atoms with Gasteiger partial charge in [-0.1, -0.05) is 47.7 Å². The number of nitrogens with zero attached hydrogens (tertiary/aromatic N) is 3. The summed E-state index contributed by atoms with van der Waals surface area (Å²) in [4.78, 5) is 12.3. The van der Waals surface area contributed by atoms with Gasteiger partial charge in [0.2, 0.25) is 0 Å². The number of benzene rings is 3. The van der Waals surface area contributed by atoms with E-state index in [-0.39, 0.29) is 11.7 Å². The number of nitrogens with one attached hydrogen (secondary N) is 1. The van der Waals surface area contributed by atoms with Crippen molar-refractivity contribution >= 4 is 23.2 Å². The Hall–Kier alpha value is -4.06. The Balaban J connectivity index is 1.41. The summed E-state index contributed by atoms with van der Waals surface area (Å²) in [7, 11) is 0. The van der Waals surface area contributed by atoms with Crippen molar-refractivity contribution in [2.24, 2.45) is 0 Å². The van der Waals surface area contributed by atoms with Crippen molar-refractivity contribution in [2.45, 2.75) is 0 Å². The van der Waals surface area contributed by atoms with Gasteiger partial charge >= 0.3 is 0 Å². The molecule has 0 saturated carbocycles. The maximum absolute atomic E-state index is 13.1. The van der Waals surface area contributed by atoms with Gasteiger partial charge in [0.1, 0.15) is 11.5 Å². The fraction of sp³-hybridized carbons (Fsp3) is 0. The zero-order valence-electron chi connectivity index (χ0n) is 15.2. The minimum Gasteiger partial charge on any atom is -0.321 e. The van der Waals surface area contributed by atoms with Gasteiger partial charge in [0.15, 0.2) is 0 Å². The summed E-state index contributed by atoms with van der Waals surface area (Å²) in [6.45, 7) is 0. The molecule has 1 aromatic heterocycles. The third-order valence-electron chi connectivity index (χ3n) is 4.81. The number of para-hydroxylation sites is 1. The average Bonchev–Trinajstić information content (AvgIpc) is 3.35. The summed E-state index contributed by atoms with van der Waals surface area (Å²) in [6, 6.07) is 21.4. The zero-order chi connectivity index (χ0) is 19.8. The monoisotopic (exact) mass is 382 g/mol. The van der Waals surface area contributed by atoms with Crippen LogP contribution in [0.15, 0.2) is 79.0 Å². The van der Waals surface area contributed by atoms with Gasteiger partial charge in [-0.3, -0.25) is 4.79 Å². The molecule has 1 aliphatic heterocycles. The lowest BCUT2D eigenvalue weighted by molar-refractivity contribution is -0.110. The molecule has 2 heterocycles. The Morgan fingerprint density at radius 3 is 2.48 bits per heavy atom. The standard InChI is InChI=1S/C23H15FN4O/c24-17-9-11-18(12-10-17)28-14-22(26-27-28)16-7-5-15(6-8-16)13-20-19-3-1-2-4-21(19)25-23(20)29/h1-14H,(H,25,29)/b20-13-. The Labute approximate surface area is 166 Å². The van der Waals surface area contributed by atoms with E-state index >= 15 is 0 Å². The Morgan fingerprint density at radius 2 is 1.69 bits per heavy atom. The topological polar surface area (TPSA) is 59.8 Å². The molecule has 5 nitrogen and oxygen atoms in total. The molecule has 6 heteroatoms. The highest BCUT2D eigenvalue weighted by molar-refractivity contribution is 6.34. The van der Waals surface area contributed by atoms with Crippen molar-refractivity contribution < 1.29 is 9.18 Å². The van der Waals surface area contributed by atoms with Gasteiger partial charge < -0.3 is 5.32 Å². The number of carbonyl (C=O) groups excluding carboxylic acids is 1. The molecular weight excluding hydrogens is 367 g/mol. The third kappa shape index (κ3) is 3.21. The van der Waals surface area contributed by atoms with Crippen LogP contribution in [0.4, 0.5) is 10.1 Å². The summed E-state index contributed by atoms with van der Waals surface area (Å²) < 4.78 is 14.7. The van der Waals surface area contributed by atoms with Gasteiger partial charge in [-0.05, 0) is 42.0 Å². The molecule has 0 spiro atoms. The van der Waals surface area contributed by atoms with E-state index in [2.05, 4.69) is 15.6 Å². The van der Waals surface area contributed by atoms with Crippen LogP contribution in [0.2, 0.25) is 0 Å². The maximum Gasteiger partial charge on any atom is 0.256 e. The Bertz CT molecular complexity index is 1240. The molecule has 0 atom stereocenters. The van der Waals surface area contributed by atoms with E-state index in [1.54, 1.807) is 23.0 Å². The predicted molar refractivity (Wildman–Crippen MR) is 110 cm³/mol. The van der Waals surface area contributed by atoms with Gasteiger partial charge in [0.25, 0.3) is 5.91 Å². The largest absolute Gasteiger partial charge is 0.321 e. The van der Waals surface area contributed by atoms with Crippen LogP contribution in [-0.2, 0) is 4.79 Å². The normalized spacial score (nSPS) is 14.1. The fourth-order valence-corrected chi connectivity index (χ4v) is 3.32. The highest BCUT2D eigenvalue weighted by Gasteiger charge is 2.23. The third-order valence-corrected chi connectivity index (χ3v) is 4.81. The first-order chi connectivity index (χ1) is 14.2. The van der Waals surface area contributed by atoms with E-state index in [0.717, 1.165) is 28.1 Å².